The van der Waals surface area contributed by atoms with Crippen LogP contribution in [0.1, 0.15) is 52.9 Å². The van der Waals surface area contributed by atoms with E-state index >= 15 is 0 Å². The van der Waals surface area contributed by atoms with E-state index in [1.165, 1.54) is 32.1 Å². The number of nitrogens with one attached hydrogen (secondary N) is 1. The Hall–Kier alpha value is -1.26. The van der Waals surface area contributed by atoms with Gasteiger partial charge in [-0.2, -0.15) is 0 Å². The lowest BCUT2D eigenvalue weighted by Crippen LogP contribution is -2.46. The summed E-state index contributed by atoms with van der Waals surface area (Å²) in [4.78, 5) is 21.1. The lowest BCUT2D eigenvalue weighted by atomic mass is 9.65. The van der Waals surface area contributed by atoms with Gasteiger partial charge in [-0.15, -0.1) is 0 Å². The van der Waals surface area contributed by atoms with Crippen molar-refractivity contribution >= 4 is 11.9 Å². The summed E-state index contributed by atoms with van der Waals surface area (Å²) in [6.07, 6.45) is 6.81. The smallest absolute Gasteiger partial charge is 0.242 e. The second-order valence-electron chi connectivity index (χ2n) is 7.08. The van der Waals surface area contributed by atoms with Gasteiger partial charge in [0.1, 0.15) is 0 Å². The van der Waals surface area contributed by atoms with Gasteiger partial charge in [0.25, 0.3) is 0 Å². The van der Waals surface area contributed by atoms with Crippen molar-refractivity contribution in [3.8, 4) is 0 Å². The summed E-state index contributed by atoms with van der Waals surface area (Å²) in [6, 6.07) is 0. The maximum atomic E-state index is 12.3. The third kappa shape index (κ3) is 4.39. The summed E-state index contributed by atoms with van der Waals surface area (Å²) >= 11 is 0. The Morgan fingerprint density at radius 2 is 1.87 bits per heavy atom. The molecule has 0 aromatic rings. The molecule has 23 heavy (non-hydrogen) atoms. The molecule has 5 nitrogen and oxygen atoms in total. The molecule has 1 amide bonds. The number of aliphatic imine (C=N–C) groups is 1. The van der Waals surface area contributed by atoms with E-state index in [0.717, 1.165) is 38.1 Å². The average Bonchev–Trinajstić information content (AvgIpc) is 3.31. The normalized spacial score (nSPS) is 19.9. The zero-order chi connectivity index (χ0) is 16.9. The van der Waals surface area contributed by atoms with Crippen LogP contribution < -0.4 is 5.32 Å². The first-order valence-corrected chi connectivity index (χ1v) is 9.33. The van der Waals surface area contributed by atoms with Gasteiger partial charge in [0.2, 0.25) is 5.91 Å². The first kappa shape index (κ1) is 18.1. The fourth-order valence-electron chi connectivity index (χ4n) is 3.68. The van der Waals surface area contributed by atoms with Crippen LogP contribution in [-0.4, -0.2) is 61.4 Å². The molecule has 132 valence electrons. The summed E-state index contributed by atoms with van der Waals surface area (Å²) in [5, 5.41) is 3.35. The van der Waals surface area contributed by atoms with Gasteiger partial charge in [-0.05, 0) is 57.8 Å². The van der Waals surface area contributed by atoms with E-state index in [-0.39, 0.29) is 5.91 Å². The number of nitrogens with zero attached hydrogens (tertiary/aromatic N) is 3. The standard InChI is InChI=1S/C18H34N4O/c1-5-19-17(21(4)13-16(23)22(6-2)7-3)20-14-18(11-8-12-18)15-9-10-15/h15H,5-14H2,1-4H3,(H,19,20). The SMILES string of the molecule is CCNC(=NCC1(C2CC2)CCC1)N(C)CC(=O)N(CC)CC. The van der Waals surface area contributed by atoms with E-state index in [1.54, 1.807) is 0 Å². The molecular weight excluding hydrogens is 288 g/mol. The van der Waals surface area contributed by atoms with Crippen LogP contribution in [0.15, 0.2) is 4.99 Å². The van der Waals surface area contributed by atoms with Crippen molar-refractivity contribution in [1.29, 1.82) is 0 Å². The topological polar surface area (TPSA) is 47.9 Å². The van der Waals surface area contributed by atoms with Crippen LogP contribution in [0.25, 0.3) is 0 Å². The molecule has 2 rings (SSSR count). The lowest BCUT2D eigenvalue weighted by Gasteiger charge is -2.41. The third-order valence-corrected chi connectivity index (χ3v) is 5.52. The van der Waals surface area contributed by atoms with Crippen molar-refractivity contribution < 1.29 is 4.79 Å². The Labute approximate surface area is 141 Å². The summed E-state index contributed by atoms with van der Waals surface area (Å²) in [6.45, 7) is 9.80. The Kier molecular flexibility index (Phi) is 6.31. The number of carbonyl (C=O) groups is 1. The largest absolute Gasteiger partial charge is 0.357 e. The third-order valence-electron chi connectivity index (χ3n) is 5.52. The minimum Gasteiger partial charge on any atom is -0.357 e. The van der Waals surface area contributed by atoms with Crippen molar-refractivity contribution in [2.24, 2.45) is 16.3 Å². The minimum atomic E-state index is 0.170. The summed E-state index contributed by atoms with van der Waals surface area (Å²) < 4.78 is 0. The molecule has 0 saturated heterocycles. The van der Waals surface area contributed by atoms with Gasteiger partial charge < -0.3 is 15.1 Å². The van der Waals surface area contributed by atoms with Crippen molar-refractivity contribution in [1.82, 2.24) is 15.1 Å². The Morgan fingerprint density at radius 3 is 2.30 bits per heavy atom. The fraction of sp³-hybridized carbons (Fsp3) is 0.889. The molecule has 0 atom stereocenters. The second-order valence-corrected chi connectivity index (χ2v) is 7.08. The molecule has 0 unspecified atom stereocenters. The Bertz CT molecular complexity index is 423. The van der Waals surface area contributed by atoms with Crippen molar-refractivity contribution in [2.75, 3.05) is 39.8 Å². The molecular formula is C18H34N4O. The van der Waals surface area contributed by atoms with Crippen molar-refractivity contribution in [2.45, 2.75) is 52.9 Å². The lowest BCUT2D eigenvalue weighted by molar-refractivity contribution is -0.131. The molecule has 0 aromatic heterocycles. The molecule has 0 aliphatic heterocycles. The number of carbonyl (C=O) groups excluding carboxylic acids is 1. The molecule has 2 saturated carbocycles. The van der Waals surface area contributed by atoms with Gasteiger partial charge in [0, 0.05) is 33.2 Å². The Morgan fingerprint density at radius 1 is 1.22 bits per heavy atom. The van der Waals surface area contributed by atoms with Gasteiger partial charge >= 0.3 is 0 Å². The predicted molar refractivity (Wildman–Crippen MR) is 95.5 cm³/mol. The zero-order valence-corrected chi connectivity index (χ0v) is 15.4. The maximum absolute atomic E-state index is 12.3. The summed E-state index contributed by atoms with van der Waals surface area (Å²) in [5.41, 5.74) is 0.477. The van der Waals surface area contributed by atoms with E-state index in [4.69, 9.17) is 4.99 Å². The molecule has 2 aliphatic carbocycles. The Balaban J connectivity index is 1.96. The van der Waals surface area contributed by atoms with Crippen molar-refractivity contribution in [3.05, 3.63) is 0 Å². The minimum absolute atomic E-state index is 0.170. The number of hydrogen-bond acceptors (Lipinski definition) is 2. The highest BCUT2D eigenvalue weighted by Crippen LogP contribution is 2.57. The molecule has 0 radical (unpaired) electrons. The van der Waals surface area contributed by atoms with Gasteiger partial charge in [0.05, 0.1) is 6.54 Å². The molecule has 1 N–H and O–H groups in total. The van der Waals surface area contributed by atoms with Crippen LogP contribution in [0.3, 0.4) is 0 Å². The quantitative estimate of drug-likeness (QED) is 0.551. The highest BCUT2D eigenvalue weighted by atomic mass is 16.2. The molecule has 2 fully saturated rings. The molecule has 0 spiro atoms. The van der Waals surface area contributed by atoms with E-state index < -0.39 is 0 Å². The number of amides is 1. The van der Waals surface area contributed by atoms with Gasteiger partial charge in [0.15, 0.2) is 5.96 Å². The first-order valence-electron chi connectivity index (χ1n) is 9.33. The summed E-state index contributed by atoms with van der Waals surface area (Å²) in [7, 11) is 1.97. The van der Waals surface area contributed by atoms with Crippen LogP contribution in [-0.2, 0) is 4.79 Å². The number of likely N-dealkylation sites (N-methyl/N-ethyl adjacent to an activating group) is 2. The monoisotopic (exact) mass is 322 g/mol. The zero-order valence-electron chi connectivity index (χ0n) is 15.4. The van der Waals surface area contributed by atoms with Crippen LogP contribution in [0, 0.1) is 11.3 Å². The number of rotatable bonds is 8. The molecule has 0 bridgehead atoms. The maximum Gasteiger partial charge on any atom is 0.242 e. The molecule has 0 aromatic carbocycles. The first-order chi connectivity index (χ1) is 11.1. The van der Waals surface area contributed by atoms with Crippen LogP contribution >= 0.6 is 0 Å². The van der Waals surface area contributed by atoms with E-state index in [9.17, 15) is 4.79 Å². The van der Waals surface area contributed by atoms with E-state index in [0.29, 0.717) is 12.0 Å². The van der Waals surface area contributed by atoms with Gasteiger partial charge in [-0.1, -0.05) is 6.42 Å². The highest BCUT2D eigenvalue weighted by molar-refractivity contribution is 5.86. The molecule has 2 aliphatic rings. The number of guanidine groups is 1. The average molecular weight is 322 g/mol. The van der Waals surface area contributed by atoms with E-state index in [2.05, 4.69) is 12.2 Å². The molecule has 5 heteroatoms. The van der Waals surface area contributed by atoms with Gasteiger partial charge in [-0.25, -0.2) is 0 Å². The van der Waals surface area contributed by atoms with Gasteiger partial charge in [-0.3, -0.25) is 9.79 Å². The van der Waals surface area contributed by atoms with E-state index in [1.807, 2.05) is 30.7 Å². The van der Waals surface area contributed by atoms with Crippen LogP contribution in [0.5, 0.6) is 0 Å². The number of hydrogen-bond donors (Lipinski definition) is 1. The van der Waals surface area contributed by atoms with Crippen LogP contribution in [0.2, 0.25) is 0 Å². The second kappa shape index (κ2) is 8.02. The van der Waals surface area contributed by atoms with Crippen LogP contribution in [0.4, 0.5) is 0 Å². The summed E-state index contributed by atoms with van der Waals surface area (Å²) in [5.74, 6) is 1.95. The fourth-order valence-corrected chi connectivity index (χ4v) is 3.68. The predicted octanol–water partition coefficient (Wildman–Crippen LogP) is 2.33. The van der Waals surface area contributed by atoms with Crippen molar-refractivity contribution in [3.63, 3.8) is 0 Å². The molecule has 0 heterocycles. The highest BCUT2D eigenvalue weighted by Gasteiger charge is 2.48.